The molecule has 0 saturated carbocycles. The van der Waals surface area contributed by atoms with Gasteiger partial charge in [-0.1, -0.05) is 275 Å². The number of esters is 3. The van der Waals surface area contributed by atoms with Crippen molar-refractivity contribution in [1.29, 1.82) is 0 Å². The van der Waals surface area contributed by atoms with Crippen LogP contribution in [0.1, 0.15) is 303 Å². The van der Waals surface area contributed by atoms with Gasteiger partial charge in [0.2, 0.25) is 0 Å². The van der Waals surface area contributed by atoms with E-state index >= 15 is 0 Å². The zero-order valence-corrected chi connectivity index (χ0v) is 44.7. The van der Waals surface area contributed by atoms with Gasteiger partial charge in [0, 0.05) is 19.3 Å². The smallest absolute Gasteiger partial charge is 0.306 e. The van der Waals surface area contributed by atoms with Crippen molar-refractivity contribution < 1.29 is 28.6 Å². The van der Waals surface area contributed by atoms with Crippen molar-refractivity contribution in [3.8, 4) is 0 Å². The van der Waals surface area contributed by atoms with Gasteiger partial charge in [-0.05, 0) is 57.8 Å². The second-order valence-electron chi connectivity index (χ2n) is 19.5. The quantitative estimate of drug-likeness (QED) is 0.0262. The summed E-state index contributed by atoms with van der Waals surface area (Å²) in [5.74, 6) is -0.886. The highest BCUT2D eigenvalue weighted by Gasteiger charge is 2.19. The minimum Gasteiger partial charge on any atom is -0.462 e. The summed E-state index contributed by atoms with van der Waals surface area (Å²) in [7, 11) is 0. The average molecular weight is 940 g/mol. The van der Waals surface area contributed by atoms with Gasteiger partial charge in [-0.2, -0.15) is 0 Å². The van der Waals surface area contributed by atoms with Crippen LogP contribution in [0.5, 0.6) is 0 Å². The molecule has 0 rings (SSSR count). The molecule has 0 fully saturated rings. The molecular formula is C61H110O6. The Hall–Kier alpha value is -2.63. The summed E-state index contributed by atoms with van der Waals surface area (Å²) in [6.07, 6.45) is 68.2. The largest absolute Gasteiger partial charge is 0.462 e. The molecule has 0 spiro atoms. The van der Waals surface area contributed by atoms with Gasteiger partial charge in [-0.15, -0.1) is 0 Å². The van der Waals surface area contributed by atoms with Gasteiger partial charge >= 0.3 is 17.9 Å². The van der Waals surface area contributed by atoms with Crippen molar-refractivity contribution in [1.82, 2.24) is 0 Å². The molecule has 0 N–H and O–H groups in total. The summed E-state index contributed by atoms with van der Waals surface area (Å²) in [6.45, 7) is 6.54. The van der Waals surface area contributed by atoms with Crippen LogP contribution >= 0.6 is 0 Å². The van der Waals surface area contributed by atoms with Crippen LogP contribution in [-0.2, 0) is 28.6 Å². The lowest BCUT2D eigenvalue weighted by Gasteiger charge is -2.18. The Morgan fingerprint density at radius 2 is 0.582 bits per heavy atom. The van der Waals surface area contributed by atoms with Crippen LogP contribution in [0.2, 0.25) is 0 Å². The van der Waals surface area contributed by atoms with Gasteiger partial charge in [0.15, 0.2) is 6.10 Å². The second kappa shape index (κ2) is 56.0. The summed E-state index contributed by atoms with van der Waals surface area (Å²) in [5.41, 5.74) is 0. The SMILES string of the molecule is CC/C=C\C/C=C\C/C=C\C/C=C\CCCCCCC(=O)OC[C@H](COC(=O)CCCCCCCCCCCCCCCCCCCCCCC)OC(=O)CCCCCCCCCCCCC. The molecule has 0 aliphatic carbocycles. The average Bonchev–Trinajstić information content (AvgIpc) is 3.33. The highest BCUT2D eigenvalue weighted by molar-refractivity contribution is 5.71. The Morgan fingerprint density at radius 3 is 0.910 bits per heavy atom. The molecule has 0 aromatic carbocycles. The van der Waals surface area contributed by atoms with E-state index in [9.17, 15) is 14.4 Å². The molecule has 390 valence electrons. The fourth-order valence-corrected chi connectivity index (χ4v) is 8.49. The first kappa shape index (κ1) is 64.4. The van der Waals surface area contributed by atoms with E-state index in [4.69, 9.17) is 14.2 Å². The van der Waals surface area contributed by atoms with Crippen molar-refractivity contribution in [3.63, 3.8) is 0 Å². The second-order valence-corrected chi connectivity index (χ2v) is 19.5. The normalized spacial score (nSPS) is 12.3. The lowest BCUT2D eigenvalue weighted by Crippen LogP contribution is -2.30. The highest BCUT2D eigenvalue weighted by Crippen LogP contribution is 2.17. The Balaban J connectivity index is 4.28. The third kappa shape index (κ3) is 54.2. The number of allylic oxidation sites excluding steroid dienone is 8. The highest BCUT2D eigenvalue weighted by atomic mass is 16.6. The first-order valence-corrected chi connectivity index (χ1v) is 29.1. The molecule has 0 saturated heterocycles. The molecule has 0 bridgehead atoms. The minimum atomic E-state index is -0.779. The Bertz CT molecular complexity index is 1170. The van der Waals surface area contributed by atoms with E-state index in [0.29, 0.717) is 19.3 Å². The van der Waals surface area contributed by atoms with E-state index in [2.05, 4.69) is 69.4 Å². The summed E-state index contributed by atoms with van der Waals surface area (Å²) >= 11 is 0. The Labute approximate surface area is 416 Å². The first-order valence-electron chi connectivity index (χ1n) is 29.1. The first-order chi connectivity index (χ1) is 33.0. The molecule has 0 aliphatic heterocycles. The number of hydrogen-bond acceptors (Lipinski definition) is 6. The summed E-state index contributed by atoms with van der Waals surface area (Å²) in [4.78, 5) is 38.1. The number of carbonyl (C=O) groups excluding carboxylic acids is 3. The molecular weight excluding hydrogens is 829 g/mol. The summed E-state index contributed by atoms with van der Waals surface area (Å²) < 4.78 is 16.8. The lowest BCUT2D eigenvalue weighted by atomic mass is 10.0. The van der Waals surface area contributed by atoms with Crippen LogP contribution in [0.3, 0.4) is 0 Å². The summed E-state index contributed by atoms with van der Waals surface area (Å²) in [5, 5.41) is 0. The number of rotatable bonds is 53. The maximum Gasteiger partial charge on any atom is 0.306 e. The standard InChI is InChI=1S/C61H110O6/c1-4-7-10-13-16-19-22-24-26-28-29-30-31-33-35-37-40-42-45-48-51-54-60(63)66-57-58(67-61(64)55-52-49-46-43-38-21-18-15-12-9-6-3)56-65-59(62)53-50-47-44-41-39-36-34-32-27-25-23-20-17-14-11-8-5-2/h8,11,17,20,25,27,34,36,58H,4-7,9-10,12-16,18-19,21-24,26,28-33,35,37-57H2,1-3H3/b11-8-,20-17-,27-25-,36-34-/t58-/m1/s1. The van der Waals surface area contributed by atoms with Crippen LogP contribution in [0.4, 0.5) is 0 Å². The third-order valence-corrected chi connectivity index (χ3v) is 12.8. The maximum atomic E-state index is 12.8. The predicted octanol–water partition coefficient (Wildman–Crippen LogP) is 19.4. The maximum absolute atomic E-state index is 12.8. The predicted molar refractivity (Wildman–Crippen MR) is 289 cm³/mol. The van der Waals surface area contributed by atoms with Crippen molar-refractivity contribution in [2.45, 2.75) is 309 Å². The Morgan fingerprint density at radius 1 is 0.313 bits per heavy atom. The van der Waals surface area contributed by atoms with E-state index in [1.165, 1.54) is 167 Å². The van der Waals surface area contributed by atoms with Gasteiger partial charge < -0.3 is 14.2 Å². The molecule has 6 nitrogen and oxygen atoms in total. The Kier molecular flexibility index (Phi) is 53.8. The van der Waals surface area contributed by atoms with Crippen molar-refractivity contribution in [3.05, 3.63) is 48.6 Å². The fourth-order valence-electron chi connectivity index (χ4n) is 8.49. The number of unbranched alkanes of at least 4 members (excludes halogenated alkanes) is 34. The zero-order valence-electron chi connectivity index (χ0n) is 44.7. The minimum absolute atomic E-state index is 0.0767. The van der Waals surface area contributed by atoms with E-state index in [-0.39, 0.29) is 31.1 Å². The van der Waals surface area contributed by atoms with Gasteiger partial charge in [0.1, 0.15) is 13.2 Å². The van der Waals surface area contributed by atoms with Crippen LogP contribution < -0.4 is 0 Å². The molecule has 0 aliphatic rings. The molecule has 0 amide bonds. The third-order valence-electron chi connectivity index (χ3n) is 12.8. The summed E-state index contributed by atoms with van der Waals surface area (Å²) in [6, 6.07) is 0. The monoisotopic (exact) mass is 939 g/mol. The van der Waals surface area contributed by atoms with Gasteiger partial charge in [0.05, 0.1) is 0 Å². The van der Waals surface area contributed by atoms with E-state index < -0.39 is 6.10 Å². The molecule has 0 aromatic rings. The molecule has 67 heavy (non-hydrogen) atoms. The van der Waals surface area contributed by atoms with Crippen LogP contribution in [0, 0.1) is 0 Å². The topological polar surface area (TPSA) is 78.9 Å². The number of carbonyl (C=O) groups is 3. The van der Waals surface area contributed by atoms with Crippen LogP contribution in [0.15, 0.2) is 48.6 Å². The molecule has 0 unspecified atom stereocenters. The zero-order chi connectivity index (χ0) is 48.6. The number of hydrogen-bond donors (Lipinski definition) is 0. The molecule has 0 heterocycles. The van der Waals surface area contributed by atoms with Gasteiger partial charge in [-0.3, -0.25) is 14.4 Å². The molecule has 6 heteroatoms. The number of ether oxygens (including phenoxy) is 3. The molecule has 0 aromatic heterocycles. The van der Waals surface area contributed by atoms with Gasteiger partial charge in [-0.25, -0.2) is 0 Å². The van der Waals surface area contributed by atoms with E-state index in [1.54, 1.807) is 0 Å². The van der Waals surface area contributed by atoms with E-state index in [0.717, 1.165) is 96.3 Å². The fraction of sp³-hybridized carbons (Fsp3) is 0.820. The molecule has 1 atom stereocenters. The van der Waals surface area contributed by atoms with Crippen molar-refractivity contribution in [2.24, 2.45) is 0 Å². The van der Waals surface area contributed by atoms with Crippen LogP contribution in [0.25, 0.3) is 0 Å². The van der Waals surface area contributed by atoms with Crippen molar-refractivity contribution >= 4 is 17.9 Å². The van der Waals surface area contributed by atoms with E-state index in [1.807, 2.05) is 0 Å². The van der Waals surface area contributed by atoms with Crippen LogP contribution in [-0.4, -0.2) is 37.2 Å². The van der Waals surface area contributed by atoms with Crippen molar-refractivity contribution in [2.75, 3.05) is 13.2 Å². The lowest BCUT2D eigenvalue weighted by molar-refractivity contribution is -0.167. The van der Waals surface area contributed by atoms with Gasteiger partial charge in [0.25, 0.3) is 0 Å². The molecule has 0 radical (unpaired) electrons.